The molecule has 0 saturated carbocycles. The molecular formula is C9H11FN2. The van der Waals surface area contributed by atoms with Crippen molar-refractivity contribution in [1.82, 2.24) is 0 Å². The number of hydrogen-bond acceptors (Lipinski definition) is 2. The van der Waals surface area contributed by atoms with Crippen molar-refractivity contribution in [3.63, 3.8) is 0 Å². The molecular weight excluding hydrogens is 155 g/mol. The first-order chi connectivity index (χ1) is 5.83. The molecule has 0 bridgehead atoms. The fourth-order valence-corrected chi connectivity index (χ4v) is 0.761. The van der Waals surface area contributed by atoms with Gasteiger partial charge in [-0.2, -0.15) is 0 Å². The predicted octanol–water partition coefficient (Wildman–Crippen LogP) is 1.36. The van der Waals surface area contributed by atoms with Gasteiger partial charge in [-0.15, -0.1) is 0 Å². The second-order valence-electron chi connectivity index (χ2n) is 2.41. The predicted molar refractivity (Wildman–Crippen MR) is 48.0 cm³/mol. The smallest absolute Gasteiger partial charge is 0.126 e. The Morgan fingerprint density at radius 1 is 1.42 bits per heavy atom. The van der Waals surface area contributed by atoms with E-state index in [1.807, 2.05) is 30.3 Å². The number of hydrogen-bond donors (Lipinski definition) is 1. The molecule has 0 aliphatic heterocycles. The van der Waals surface area contributed by atoms with Crippen LogP contribution in [0.4, 0.5) is 4.39 Å². The normalized spacial score (nSPS) is 13.5. The summed E-state index contributed by atoms with van der Waals surface area (Å²) in [4.78, 5) is 3.79. The average molecular weight is 166 g/mol. The van der Waals surface area contributed by atoms with Gasteiger partial charge >= 0.3 is 0 Å². The summed E-state index contributed by atoms with van der Waals surface area (Å²) in [6.07, 6.45) is 0.842. The van der Waals surface area contributed by atoms with Crippen molar-refractivity contribution in [2.24, 2.45) is 10.7 Å². The molecule has 2 N–H and O–H groups in total. The maximum Gasteiger partial charge on any atom is 0.126 e. The fourth-order valence-electron chi connectivity index (χ4n) is 0.761. The van der Waals surface area contributed by atoms with E-state index in [-0.39, 0.29) is 0 Å². The Balaban J connectivity index is 2.58. The molecule has 12 heavy (non-hydrogen) atoms. The van der Waals surface area contributed by atoms with E-state index >= 15 is 0 Å². The number of rotatable bonds is 3. The van der Waals surface area contributed by atoms with E-state index in [0.29, 0.717) is 0 Å². The number of alkyl halides is 1. The third-order valence-electron chi connectivity index (χ3n) is 1.37. The summed E-state index contributed by atoms with van der Waals surface area (Å²) in [5.74, 6) is 0. The standard InChI is InChI=1S/C9H11FN2/c10-6-9(11)12-7-8-4-2-1-3-5-8/h1-5,7,9H,6,11H2/t9-/m0/s1. The summed E-state index contributed by atoms with van der Waals surface area (Å²) in [5, 5.41) is 0. The Labute approximate surface area is 70.9 Å². The van der Waals surface area contributed by atoms with E-state index in [4.69, 9.17) is 5.73 Å². The fraction of sp³-hybridized carbons (Fsp3) is 0.222. The third kappa shape index (κ3) is 2.80. The van der Waals surface area contributed by atoms with Crippen molar-refractivity contribution in [3.8, 4) is 0 Å². The van der Waals surface area contributed by atoms with Crippen molar-refractivity contribution in [1.29, 1.82) is 0 Å². The van der Waals surface area contributed by atoms with Crippen molar-refractivity contribution in [2.75, 3.05) is 6.67 Å². The Morgan fingerprint density at radius 3 is 2.67 bits per heavy atom. The summed E-state index contributed by atoms with van der Waals surface area (Å²) < 4.78 is 11.9. The Bertz CT molecular complexity index is 246. The molecule has 0 unspecified atom stereocenters. The van der Waals surface area contributed by atoms with Crippen LogP contribution in [-0.4, -0.2) is 19.1 Å². The van der Waals surface area contributed by atoms with Gasteiger partial charge in [0.15, 0.2) is 0 Å². The lowest BCUT2D eigenvalue weighted by Crippen LogP contribution is -2.19. The highest BCUT2D eigenvalue weighted by Gasteiger charge is 1.93. The molecule has 0 amide bonds. The van der Waals surface area contributed by atoms with Crippen LogP contribution in [0.25, 0.3) is 0 Å². The van der Waals surface area contributed by atoms with Gasteiger partial charge in [0.2, 0.25) is 0 Å². The SMILES string of the molecule is N[C@H](CF)N=Cc1ccccc1. The summed E-state index contributed by atoms with van der Waals surface area (Å²) in [6.45, 7) is -0.622. The minimum absolute atomic E-state index is 0.622. The lowest BCUT2D eigenvalue weighted by Gasteiger charge is -1.97. The highest BCUT2D eigenvalue weighted by molar-refractivity contribution is 5.79. The van der Waals surface area contributed by atoms with Gasteiger partial charge in [-0.3, -0.25) is 4.99 Å². The summed E-state index contributed by atoms with van der Waals surface area (Å²) in [5.41, 5.74) is 6.18. The van der Waals surface area contributed by atoms with Gasteiger partial charge in [-0.1, -0.05) is 30.3 Å². The summed E-state index contributed by atoms with van der Waals surface area (Å²) in [6, 6.07) is 9.46. The van der Waals surface area contributed by atoms with Gasteiger partial charge in [0.1, 0.15) is 12.8 Å². The van der Waals surface area contributed by atoms with E-state index in [1.165, 1.54) is 0 Å². The molecule has 0 fully saturated rings. The molecule has 3 heteroatoms. The van der Waals surface area contributed by atoms with Gasteiger partial charge in [0.05, 0.1) is 0 Å². The topological polar surface area (TPSA) is 38.4 Å². The van der Waals surface area contributed by atoms with Crippen LogP contribution in [0.2, 0.25) is 0 Å². The molecule has 1 atom stereocenters. The molecule has 0 aliphatic carbocycles. The maximum absolute atomic E-state index is 11.9. The van der Waals surface area contributed by atoms with Crippen LogP contribution in [-0.2, 0) is 0 Å². The maximum atomic E-state index is 11.9. The van der Waals surface area contributed by atoms with E-state index in [1.54, 1.807) is 6.21 Å². The minimum atomic E-state index is -0.731. The van der Waals surface area contributed by atoms with E-state index in [9.17, 15) is 4.39 Å². The van der Waals surface area contributed by atoms with Gasteiger partial charge in [-0.25, -0.2) is 4.39 Å². The Morgan fingerprint density at radius 2 is 2.08 bits per heavy atom. The van der Waals surface area contributed by atoms with Gasteiger partial charge in [-0.05, 0) is 5.56 Å². The lowest BCUT2D eigenvalue weighted by molar-refractivity contribution is 0.438. The number of halogens is 1. The monoisotopic (exact) mass is 166 g/mol. The highest BCUT2D eigenvalue weighted by Crippen LogP contribution is 1.94. The zero-order valence-electron chi connectivity index (χ0n) is 6.65. The average Bonchev–Trinajstić information content (AvgIpc) is 2.16. The first-order valence-electron chi connectivity index (χ1n) is 3.72. The van der Waals surface area contributed by atoms with Gasteiger partial charge in [0.25, 0.3) is 0 Å². The van der Waals surface area contributed by atoms with Crippen LogP contribution in [0.3, 0.4) is 0 Å². The zero-order valence-corrected chi connectivity index (χ0v) is 6.65. The van der Waals surface area contributed by atoms with Crippen molar-refractivity contribution < 1.29 is 4.39 Å². The molecule has 1 aromatic rings. The van der Waals surface area contributed by atoms with Gasteiger partial charge in [0, 0.05) is 6.21 Å². The second-order valence-corrected chi connectivity index (χ2v) is 2.41. The van der Waals surface area contributed by atoms with Gasteiger partial charge < -0.3 is 5.73 Å². The molecule has 64 valence electrons. The lowest BCUT2D eigenvalue weighted by atomic mass is 10.2. The Hall–Kier alpha value is -1.22. The van der Waals surface area contributed by atoms with E-state index < -0.39 is 12.8 Å². The molecule has 1 rings (SSSR count). The van der Waals surface area contributed by atoms with Crippen LogP contribution in [0.1, 0.15) is 5.56 Å². The molecule has 0 spiro atoms. The zero-order chi connectivity index (χ0) is 8.81. The van der Waals surface area contributed by atoms with Crippen LogP contribution in [0.5, 0.6) is 0 Å². The summed E-state index contributed by atoms with van der Waals surface area (Å²) >= 11 is 0. The number of nitrogens with zero attached hydrogens (tertiary/aromatic N) is 1. The van der Waals surface area contributed by atoms with Crippen molar-refractivity contribution in [2.45, 2.75) is 6.17 Å². The summed E-state index contributed by atoms with van der Waals surface area (Å²) in [7, 11) is 0. The number of nitrogens with two attached hydrogens (primary N) is 1. The van der Waals surface area contributed by atoms with Crippen molar-refractivity contribution in [3.05, 3.63) is 35.9 Å². The second kappa shape index (κ2) is 4.62. The number of aliphatic imine (C=N–C) groups is 1. The molecule has 0 aliphatic rings. The first-order valence-corrected chi connectivity index (χ1v) is 3.72. The highest BCUT2D eigenvalue weighted by atomic mass is 19.1. The molecule has 0 radical (unpaired) electrons. The van der Waals surface area contributed by atoms with E-state index in [2.05, 4.69) is 4.99 Å². The molecule has 0 saturated heterocycles. The largest absolute Gasteiger partial charge is 0.308 e. The van der Waals surface area contributed by atoms with E-state index in [0.717, 1.165) is 5.56 Å². The molecule has 1 aromatic carbocycles. The van der Waals surface area contributed by atoms with Crippen LogP contribution in [0.15, 0.2) is 35.3 Å². The van der Waals surface area contributed by atoms with Crippen LogP contribution < -0.4 is 5.73 Å². The van der Waals surface area contributed by atoms with Crippen LogP contribution >= 0.6 is 0 Å². The first kappa shape index (κ1) is 8.87. The quantitative estimate of drug-likeness (QED) is 0.676. The Kier molecular flexibility index (Phi) is 3.41. The minimum Gasteiger partial charge on any atom is -0.308 e. The third-order valence-corrected chi connectivity index (χ3v) is 1.37. The molecule has 0 aromatic heterocycles. The van der Waals surface area contributed by atoms with Crippen LogP contribution in [0, 0.1) is 0 Å². The molecule has 2 nitrogen and oxygen atoms in total. The number of benzene rings is 1. The van der Waals surface area contributed by atoms with Crippen molar-refractivity contribution >= 4 is 6.21 Å². The molecule has 0 heterocycles.